The Kier molecular flexibility index (Phi) is 4.85. The van der Waals surface area contributed by atoms with Crippen molar-refractivity contribution in [2.45, 2.75) is 12.5 Å². The molecule has 0 bridgehead atoms. The van der Waals surface area contributed by atoms with Gasteiger partial charge in [0.25, 0.3) is 0 Å². The third kappa shape index (κ3) is 3.70. The summed E-state index contributed by atoms with van der Waals surface area (Å²) in [4.78, 5) is 21.6. The zero-order valence-electron chi connectivity index (χ0n) is 9.43. The third-order valence-corrected chi connectivity index (χ3v) is 2.36. The summed E-state index contributed by atoms with van der Waals surface area (Å²) in [5, 5.41) is 13.7. The molecule has 0 saturated carbocycles. The van der Waals surface area contributed by atoms with Gasteiger partial charge in [-0.15, -0.1) is 0 Å². The number of likely N-dealkylation sites (N-methyl/N-ethyl adjacent to an activating group) is 1. The van der Waals surface area contributed by atoms with Crippen LogP contribution in [0.4, 0.5) is 0 Å². The van der Waals surface area contributed by atoms with Gasteiger partial charge in [0.1, 0.15) is 0 Å². The van der Waals surface area contributed by atoms with Crippen LogP contribution >= 0.6 is 0 Å². The molecular formula is C12H13N3O2. The zero-order chi connectivity index (χ0) is 12.7. The van der Waals surface area contributed by atoms with E-state index < -0.39 is 6.04 Å². The van der Waals surface area contributed by atoms with E-state index in [1.54, 1.807) is 25.2 Å². The normalized spacial score (nSPS) is 11.3. The van der Waals surface area contributed by atoms with Gasteiger partial charge < -0.3 is 5.32 Å². The number of rotatable bonds is 5. The molecule has 0 heterocycles. The molecule has 0 aromatic heterocycles. The van der Waals surface area contributed by atoms with Crippen molar-refractivity contribution in [1.29, 1.82) is 5.26 Å². The van der Waals surface area contributed by atoms with Crippen LogP contribution in [0, 0.1) is 11.3 Å². The first kappa shape index (κ1) is 12.9. The Labute approximate surface area is 99.4 Å². The van der Waals surface area contributed by atoms with Gasteiger partial charge >= 0.3 is 0 Å². The highest BCUT2D eigenvalue weighted by atomic mass is 16.2. The molecule has 17 heavy (non-hydrogen) atoms. The second-order valence-corrected chi connectivity index (χ2v) is 3.48. The lowest BCUT2D eigenvalue weighted by Crippen LogP contribution is -2.43. The van der Waals surface area contributed by atoms with Crippen molar-refractivity contribution in [3.63, 3.8) is 0 Å². The standard InChI is InChI=1S/C12H13N3O2/c1-14-11(12(17)15-8-16)6-9-3-2-4-10(5-9)7-13/h2-5,8,11,14H,6H2,1H3,(H,15,16,17). The van der Waals surface area contributed by atoms with E-state index >= 15 is 0 Å². The number of nitrogens with one attached hydrogen (secondary N) is 2. The summed E-state index contributed by atoms with van der Waals surface area (Å²) in [5.41, 5.74) is 1.41. The average molecular weight is 231 g/mol. The lowest BCUT2D eigenvalue weighted by molar-refractivity contribution is -0.126. The van der Waals surface area contributed by atoms with Crippen LogP contribution in [0.3, 0.4) is 0 Å². The second kappa shape index (κ2) is 6.40. The van der Waals surface area contributed by atoms with Gasteiger partial charge in [0.05, 0.1) is 17.7 Å². The van der Waals surface area contributed by atoms with E-state index in [9.17, 15) is 9.59 Å². The SMILES string of the molecule is CNC(Cc1cccc(C#N)c1)C(=O)NC=O. The molecule has 0 aliphatic rings. The summed E-state index contributed by atoms with van der Waals surface area (Å²) in [7, 11) is 1.64. The predicted octanol–water partition coefficient (Wildman–Crippen LogP) is -0.0386. The van der Waals surface area contributed by atoms with E-state index in [1.807, 2.05) is 12.1 Å². The molecule has 0 saturated heterocycles. The topological polar surface area (TPSA) is 82.0 Å². The number of carbonyl (C=O) groups is 2. The van der Waals surface area contributed by atoms with Gasteiger partial charge in [-0.3, -0.25) is 14.9 Å². The molecule has 0 radical (unpaired) electrons. The quantitative estimate of drug-likeness (QED) is 0.697. The van der Waals surface area contributed by atoms with Crippen LogP contribution in [0.25, 0.3) is 0 Å². The number of imide groups is 1. The second-order valence-electron chi connectivity index (χ2n) is 3.48. The highest BCUT2D eigenvalue weighted by molar-refractivity contribution is 5.90. The zero-order valence-corrected chi connectivity index (χ0v) is 9.43. The van der Waals surface area contributed by atoms with Crippen molar-refractivity contribution < 1.29 is 9.59 Å². The minimum atomic E-state index is -0.492. The van der Waals surface area contributed by atoms with Gasteiger partial charge in [-0.2, -0.15) is 5.26 Å². The van der Waals surface area contributed by atoms with Crippen LogP contribution in [0.15, 0.2) is 24.3 Å². The number of hydrogen-bond acceptors (Lipinski definition) is 4. The van der Waals surface area contributed by atoms with Crippen LogP contribution in [-0.4, -0.2) is 25.4 Å². The average Bonchev–Trinajstić information content (AvgIpc) is 2.36. The fourth-order valence-corrected chi connectivity index (χ4v) is 1.49. The molecule has 1 atom stereocenters. The van der Waals surface area contributed by atoms with Crippen molar-refractivity contribution in [2.24, 2.45) is 0 Å². The van der Waals surface area contributed by atoms with Crippen LogP contribution in [-0.2, 0) is 16.0 Å². The lowest BCUT2D eigenvalue weighted by atomic mass is 10.0. The fraction of sp³-hybridized carbons (Fsp3) is 0.250. The summed E-state index contributed by atoms with van der Waals surface area (Å²) in [6.45, 7) is 0. The molecule has 0 fully saturated rings. The first-order valence-electron chi connectivity index (χ1n) is 5.11. The Morgan fingerprint density at radius 3 is 2.94 bits per heavy atom. The molecule has 88 valence electrons. The van der Waals surface area contributed by atoms with Crippen molar-refractivity contribution in [2.75, 3.05) is 7.05 Å². The van der Waals surface area contributed by atoms with Crippen LogP contribution in [0.2, 0.25) is 0 Å². The van der Waals surface area contributed by atoms with E-state index in [0.29, 0.717) is 18.4 Å². The van der Waals surface area contributed by atoms with E-state index in [1.165, 1.54) is 0 Å². The number of hydrogen-bond donors (Lipinski definition) is 2. The summed E-state index contributed by atoms with van der Waals surface area (Å²) in [6, 6.07) is 8.56. The molecule has 1 aromatic carbocycles. The van der Waals surface area contributed by atoms with Gasteiger partial charge in [-0.25, -0.2) is 0 Å². The molecular weight excluding hydrogens is 218 g/mol. The number of nitriles is 1. The first-order chi connectivity index (χ1) is 8.21. The fourth-order valence-electron chi connectivity index (χ4n) is 1.49. The van der Waals surface area contributed by atoms with Gasteiger partial charge in [0.2, 0.25) is 12.3 Å². The lowest BCUT2D eigenvalue weighted by Gasteiger charge is -2.13. The summed E-state index contributed by atoms with van der Waals surface area (Å²) in [5.74, 6) is -0.384. The number of carbonyl (C=O) groups excluding carboxylic acids is 2. The Morgan fingerprint density at radius 2 is 2.35 bits per heavy atom. The maximum Gasteiger partial charge on any atom is 0.243 e. The Morgan fingerprint density at radius 1 is 1.59 bits per heavy atom. The molecule has 2 amide bonds. The number of nitrogens with zero attached hydrogens (tertiary/aromatic N) is 1. The van der Waals surface area contributed by atoms with Gasteiger partial charge in [-0.1, -0.05) is 12.1 Å². The molecule has 1 rings (SSSR count). The summed E-state index contributed by atoms with van der Waals surface area (Å²) in [6.07, 6.45) is 0.782. The van der Waals surface area contributed by atoms with Gasteiger partial charge in [0.15, 0.2) is 0 Å². The smallest absolute Gasteiger partial charge is 0.243 e. The van der Waals surface area contributed by atoms with E-state index in [-0.39, 0.29) is 5.91 Å². The van der Waals surface area contributed by atoms with Crippen LogP contribution in [0.1, 0.15) is 11.1 Å². The van der Waals surface area contributed by atoms with Crippen molar-refractivity contribution in [3.05, 3.63) is 35.4 Å². The van der Waals surface area contributed by atoms with Gasteiger partial charge in [0, 0.05) is 0 Å². The highest BCUT2D eigenvalue weighted by Crippen LogP contribution is 2.07. The highest BCUT2D eigenvalue weighted by Gasteiger charge is 2.16. The predicted molar refractivity (Wildman–Crippen MR) is 61.9 cm³/mol. The molecule has 1 unspecified atom stereocenters. The van der Waals surface area contributed by atoms with E-state index in [2.05, 4.69) is 10.6 Å². The van der Waals surface area contributed by atoms with Crippen LogP contribution < -0.4 is 10.6 Å². The molecule has 2 N–H and O–H groups in total. The Bertz CT molecular complexity index is 451. The first-order valence-corrected chi connectivity index (χ1v) is 5.11. The maximum absolute atomic E-state index is 11.5. The van der Waals surface area contributed by atoms with E-state index in [4.69, 9.17) is 5.26 Å². The summed E-state index contributed by atoms with van der Waals surface area (Å²) < 4.78 is 0. The summed E-state index contributed by atoms with van der Waals surface area (Å²) >= 11 is 0. The maximum atomic E-state index is 11.5. The Balaban J connectivity index is 2.77. The van der Waals surface area contributed by atoms with Gasteiger partial charge in [-0.05, 0) is 31.2 Å². The number of amides is 2. The minimum absolute atomic E-state index is 0.359. The van der Waals surface area contributed by atoms with Crippen molar-refractivity contribution in [1.82, 2.24) is 10.6 Å². The molecule has 1 aromatic rings. The number of benzene rings is 1. The molecule has 5 heteroatoms. The van der Waals surface area contributed by atoms with Crippen LogP contribution in [0.5, 0.6) is 0 Å². The molecule has 0 aliphatic carbocycles. The Hall–Kier alpha value is -2.19. The van der Waals surface area contributed by atoms with Crippen molar-refractivity contribution >= 4 is 12.3 Å². The van der Waals surface area contributed by atoms with Crippen molar-refractivity contribution in [3.8, 4) is 6.07 Å². The van der Waals surface area contributed by atoms with E-state index in [0.717, 1.165) is 5.56 Å². The monoisotopic (exact) mass is 231 g/mol. The third-order valence-electron chi connectivity index (χ3n) is 2.36. The largest absolute Gasteiger partial charge is 0.309 e. The molecule has 0 spiro atoms. The molecule has 0 aliphatic heterocycles. The molecule has 5 nitrogen and oxygen atoms in total. The minimum Gasteiger partial charge on any atom is -0.309 e.